The molecule has 0 amide bonds. The molecule has 2 aromatic rings. The molecule has 1 nitrogen and oxygen atoms in total. The third kappa shape index (κ3) is 2.61. The minimum absolute atomic E-state index is 0.152. The molecule has 1 atom stereocenters. The average molecular weight is 269 g/mol. The van der Waals surface area contributed by atoms with E-state index in [0.29, 0.717) is 5.92 Å². The van der Waals surface area contributed by atoms with Crippen LogP contribution in [0.15, 0.2) is 48.5 Å². The Balaban J connectivity index is 1.86. The standard InChI is InChI=1S/C18H20FN/c1-2-20-18(15-8-5-9-17(19)12-15)16-10-13-6-3-4-7-14(13)11-16/h3-9,12,16,18,20H,2,10-11H2,1H3. The molecule has 20 heavy (non-hydrogen) atoms. The van der Waals surface area contributed by atoms with E-state index in [0.717, 1.165) is 24.9 Å². The van der Waals surface area contributed by atoms with E-state index in [1.165, 1.54) is 17.2 Å². The summed E-state index contributed by atoms with van der Waals surface area (Å²) in [5.41, 5.74) is 3.94. The molecule has 0 aromatic heterocycles. The molecule has 0 spiro atoms. The molecule has 104 valence electrons. The van der Waals surface area contributed by atoms with Crippen LogP contribution < -0.4 is 5.32 Å². The third-order valence-electron chi connectivity index (χ3n) is 4.19. The molecule has 0 radical (unpaired) electrons. The zero-order chi connectivity index (χ0) is 13.9. The molecule has 0 saturated heterocycles. The molecule has 1 N–H and O–H groups in total. The van der Waals surface area contributed by atoms with Crippen molar-refractivity contribution in [1.82, 2.24) is 5.32 Å². The Kier molecular flexibility index (Phi) is 3.83. The SMILES string of the molecule is CCNC(c1cccc(F)c1)C1Cc2ccccc2C1. The van der Waals surface area contributed by atoms with Crippen LogP contribution in [0.5, 0.6) is 0 Å². The van der Waals surface area contributed by atoms with Gasteiger partial charge < -0.3 is 5.32 Å². The van der Waals surface area contributed by atoms with E-state index in [9.17, 15) is 4.39 Å². The lowest BCUT2D eigenvalue weighted by atomic mass is 9.90. The fraction of sp³-hybridized carbons (Fsp3) is 0.333. The molecule has 0 fully saturated rings. The Morgan fingerprint density at radius 3 is 2.40 bits per heavy atom. The van der Waals surface area contributed by atoms with E-state index in [2.05, 4.69) is 36.5 Å². The highest BCUT2D eigenvalue weighted by molar-refractivity contribution is 5.34. The number of hydrogen-bond donors (Lipinski definition) is 1. The molecule has 2 heteroatoms. The van der Waals surface area contributed by atoms with Crippen LogP contribution in [0.3, 0.4) is 0 Å². The maximum Gasteiger partial charge on any atom is 0.123 e. The zero-order valence-electron chi connectivity index (χ0n) is 11.8. The van der Waals surface area contributed by atoms with Crippen molar-refractivity contribution in [1.29, 1.82) is 0 Å². The van der Waals surface area contributed by atoms with Crippen molar-refractivity contribution < 1.29 is 4.39 Å². The molecular formula is C18H20FN. The summed E-state index contributed by atoms with van der Waals surface area (Å²) in [6.45, 7) is 3.00. The Bertz CT molecular complexity index is 568. The first kappa shape index (κ1) is 13.3. The summed E-state index contributed by atoms with van der Waals surface area (Å²) in [7, 11) is 0. The maximum absolute atomic E-state index is 13.5. The van der Waals surface area contributed by atoms with Crippen molar-refractivity contribution in [2.24, 2.45) is 5.92 Å². The molecule has 2 aromatic carbocycles. The van der Waals surface area contributed by atoms with Crippen molar-refractivity contribution in [2.75, 3.05) is 6.54 Å². The molecule has 1 unspecified atom stereocenters. The summed E-state index contributed by atoms with van der Waals surface area (Å²) in [4.78, 5) is 0. The number of nitrogens with one attached hydrogen (secondary N) is 1. The Morgan fingerprint density at radius 2 is 1.80 bits per heavy atom. The number of rotatable bonds is 4. The van der Waals surface area contributed by atoms with E-state index in [1.54, 1.807) is 12.1 Å². The van der Waals surface area contributed by atoms with Crippen LogP contribution in [0.4, 0.5) is 4.39 Å². The smallest absolute Gasteiger partial charge is 0.123 e. The van der Waals surface area contributed by atoms with E-state index in [4.69, 9.17) is 0 Å². The van der Waals surface area contributed by atoms with Crippen LogP contribution in [0.25, 0.3) is 0 Å². The van der Waals surface area contributed by atoms with Crippen molar-refractivity contribution in [3.63, 3.8) is 0 Å². The summed E-state index contributed by atoms with van der Waals surface area (Å²) in [5.74, 6) is 0.357. The summed E-state index contributed by atoms with van der Waals surface area (Å²) < 4.78 is 13.5. The predicted molar refractivity (Wildman–Crippen MR) is 80.2 cm³/mol. The minimum atomic E-state index is -0.152. The third-order valence-corrected chi connectivity index (χ3v) is 4.19. The second-order valence-electron chi connectivity index (χ2n) is 5.53. The first-order valence-electron chi connectivity index (χ1n) is 7.33. The molecule has 0 heterocycles. The van der Waals surface area contributed by atoms with E-state index in [-0.39, 0.29) is 11.9 Å². The van der Waals surface area contributed by atoms with Gasteiger partial charge in [-0.15, -0.1) is 0 Å². The van der Waals surface area contributed by atoms with E-state index < -0.39 is 0 Å². The van der Waals surface area contributed by atoms with Gasteiger partial charge in [-0.1, -0.05) is 43.3 Å². The van der Waals surface area contributed by atoms with Crippen molar-refractivity contribution in [3.05, 3.63) is 71.0 Å². The van der Waals surface area contributed by atoms with Crippen LogP contribution in [-0.2, 0) is 12.8 Å². The molecule has 0 saturated carbocycles. The van der Waals surface area contributed by atoms with Gasteiger partial charge in [-0.3, -0.25) is 0 Å². The highest BCUT2D eigenvalue weighted by Crippen LogP contribution is 2.35. The predicted octanol–water partition coefficient (Wildman–Crippen LogP) is 3.89. The van der Waals surface area contributed by atoms with Gasteiger partial charge in [0.1, 0.15) is 5.82 Å². The van der Waals surface area contributed by atoms with Crippen LogP contribution in [0.2, 0.25) is 0 Å². The van der Waals surface area contributed by atoms with Gasteiger partial charge in [0.15, 0.2) is 0 Å². The Morgan fingerprint density at radius 1 is 1.10 bits per heavy atom. The van der Waals surface area contributed by atoms with E-state index >= 15 is 0 Å². The Hall–Kier alpha value is -1.67. The fourth-order valence-electron chi connectivity index (χ4n) is 3.31. The topological polar surface area (TPSA) is 12.0 Å². The molecule has 1 aliphatic carbocycles. The van der Waals surface area contributed by atoms with Gasteiger partial charge in [0, 0.05) is 6.04 Å². The van der Waals surface area contributed by atoms with Gasteiger partial charge >= 0.3 is 0 Å². The van der Waals surface area contributed by atoms with Gasteiger partial charge in [0.25, 0.3) is 0 Å². The lowest BCUT2D eigenvalue weighted by Crippen LogP contribution is -2.28. The number of hydrogen-bond acceptors (Lipinski definition) is 1. The molecule has 1 aliphatic rings. The average Bonchev–Trinajstić information content (AvgIpc) is 2.88. The highest BCUT2D eigenvalue weighted by Gasteiger charge is 2.29. The second-order valence-corrected chi connectivity index (χ2v) is 5.53. The van der Waals surface area contributed by atoms with E-state index in [1.807, 2.05) is 6.07 Å². The van der Waals surface area contributed by atoms with Crippen LogP contribution >= 0.6 is 0 Å². The number of fused-ring (bicyclic) bond motifs is 1. The number of halogens is 1. The van der Waals surface area contributed by atoms with Gasteiger partial charge in [0.05, 0.1) is 0 Å². The van der Waals surface area contributed by atoms with Crippen LogP contribution in [0.1, 0.15) is 29.7 Å². The van der Waals surface area contributed by atoms with Crippen molar-refractivity contribution in [3.8, 4) is 0 Å². The maximum atomic E-state index is 13.5. The fourth-order valence-corrected chi connectivity index (χ4v) is 3.31. The van der Waals surface area contributed by atoms with Crippen LogP contribution in [0, 0.1) is 11.7 Å². The lowest BCUT2D eigenvalue weighted by molar-refractivity contribution is 0.379. The molecule has 3 rings (SSSR count). The first-order valence-corrected chi connectivity index (χ1v) is 7.33. The summed E-state index contributed by atoms with van der Waals surface area (Å²) in [6, 6.07) is 15.9. The van der Waals surface area contributed by atoms with Gasteiger partial charge in [0.2, 0.25) is 0 Å². The summed E-state index contributed by atoms with van der Waals surface area (Å²) in [5, 5.41) is 3.54. The van der Waals surface area contributed by atoms with Crippen LogP contribution in [-0.4, -0.2) is 6.54 Å². The normalized spacial score (nSPS) is 16.1. The molecule has 0 aliphatic heterocycles. The second kappa shape index (κ2) is 5.76. The lowest BCUT2D eigenvalue weighted by Gasteiger charge is -2.25. The minimum Gasteiger partial charge on any atom is -0.310 e. The quantitative estimate of drug-likeness (QED) is 0.888. The van der Waals surface area contributed by atoms with Gasteiger partial charge in [-0.05, 0) is 54.1 Å². The van der Waals surface area contributed by atoms with Crippen molar-refractivity contribution >= 4 is 0 Å². The molecule has 0 bridgehead atoms. The summed E-state index contributed by atoms with van der Waals surface area (Å²) in [6.07, 6.45) is 2.15. The molecular weight excluding hydrogens is 249 g/mol. The zero-order valence-corrected chi connectivity index (χ0v) is 11.8. The monoisotopic (exact) mass is 269 g/mol. The Labute approximate surface area is 119 Å². The first-order chi connectivity index (χ1) is 9.78. The van der Waals surface area contributed by atoms with Crippen molar-refractivity contribution in [2.45, 2.75) is 25.8 Å². The highest BCUT2D eigenvalue weighted by atomic mass is 19.1. The number of benzene rings is 2. The summed E-state index contributed by atoms with van der Waals surface area (Å²) >= 11 is 0. The van der Waals surface area contributed by atoms with Gasteiger partial charge in [-0.2, -0.15) is 0 Å². The van der Waals surface area contributed by atoms with Gasteiger partial charge in [-0.25, -0.2) is 4.39 Å². The largest absolute Gasteiger partial charge is 0.310 e.